The summed E-state index contributed by atoms with van der Waals surface area (Å²) in [4.78, 5) is 34.6. The number of aromatic nitrogens is 5. The first-order chi connectivity index (χ1) is 21.1. The van der Waals surface area contributed by atoms with Crippen LogP contribution in [0.3, 0.4) is 0 Å². The molecule has 0 aliphatic carbocycles. The zero-order valence-corrected chi connectivity index (χ0v) is 26.4. The van der Waals surface area contributed by atoms with Crippen molar-refractivity contribution in [3.05, 3.63) is 71.4 Å². The van der Waals surface area contributed by atoms with E-state index in [2.05, 4.69) is 36.2 Å². The van der Waals surface area contributed by atoms with Gasteiger partial charge in [-0.2, -0.15) is 0 Å². The van der Waals surface area contributed by atoms with Crippen LogP contribution in [0, 0.1) is 6.92 Å². The van der Waals surface area contributed by atoms with Crippen molar-refractivity contribution in [2.45, 2.75) is 39.3 Å². The normalized spacial score (nSPS) is 15.5. The minimum absolute atomic E-state index is 0.200. The zero-order chi connectivity index (χ0) is 31.0. The summed E-state index contributed by atoms with van der Waals surface area (Å²) < 4.78 is 14.4. The molecule has 1 atom stereocenters. The molecule has 0 spiro atoms. The van der Waals surface area contributed by atoms with Gasteiger partial charge in [0, 0.05) is 50.0 Å². The largest absolute Gasteiger partial charge is 0.457 e. The van der Waals surface area contributed by atoms with Gasteiger partial charge in [0.15, 0.2) is 5.82 Å². The molecule has 2 N–H and O–H groups in total. The third kappa shape index (κ3) is 6.24. The van der Waals surface area contributed by atoms with E-state index in [0.29, 0.717) is 48.1 Å². The van der Waals surface area contributed by atoms with Gasteiger partial charge in [0.25, 0.3) is 0 Å². The molecule has 1 fully saturated rings. The van der Waals surface area contributed by atoms with Gasteiger partial charge in [0.05, 0.1) is 22.6 Å². The molecule has 12 nitrogen and oxygen atoms in total. The van der Waals surface area contributed by atoms with Crippen LogP contribution in [0.4, 0.5) is 22.1 Å². The minimum Gasteiger partial charge on any atom is -0.457 e. The van der Waals surface area contributed by atoms with Crippen molar-refractivity contribution in [3.63, 3.8) is 0 Å². The van der Waals surface area contributed by atoms with Crippen LogP contribution in [0.15, 0.2) is 65.8 Å². The number of anilines is 3. The maximum Gasteiger partial charge on any atom is 0.410 e. The monoisotopic (exact) mass is 660 g/mol. The molecule has 5 aromatic rings. The molecular weight excluding hydrogens is 628 g/mol. The summed E-state index contributed by atoms with van der Waals surface area (Å²) in [5, 5.41) is 13.5. The van der Waals surface area contributed by atoms with E-state index in [1.165, 1.54) is 6.33 Å². The number of piperazine rings is 1. The lowest BCUT2D eigenvalue weighted by atomic mass is 10.1. The topological polar surface area (TPSA) is 130 Å². The molecule has 0 unspecified atom stereocenters. The number of nitrogens with one attached hydrogen (secondary N) is 1. The molecule has 6 rings (SSSR count). The maximum absolute atomic E-state index is 12.8. The summed E-state index contributed by atoms with van der Waals surface area (Å²) in [5.41, 5.74) is 3.19. The number of carbonyl (C=O) groups excluding carboxylic acids is 1. The van der Waals surface area contributed by atoms with Crippen LogP contribution < -0.4 is 15.0 Å². The standard InChI is InChI=1S/C31H33BrN8O4/c1-19-13-20(5-6-25(19)43-22-7-9-38-10-8-33-26(38)14-22)36-28-27-24(34-18-35-28)15-23(32)29(37-27)39-11-12-40(21(16-39)17-41)30(42)44-31(2,3)4/h5-10,13-15,18,21,41H,11-12,16-17H2,1-4H3,(H,34,35,36)/t21-/m0/s1. The molecule has 0 saturated carbocycles. The second-order valence-electron chi connectivity index (χ2n) is 11.6. The summed E-state index contributed by atoms with van der Waals surface area (Å²) in [6, 6.07) is 11.1. The first-order valence-electron chi connectivity index (χ1n) is 14.2. The van der Waals surface area contributed by atoms with E-state index in [4.69, 9.17) is 14.5 Å². The molecule has 44 heavy (non-hydrogen) atoms. The first-order valence-corrected chi connectivity index (χ1v) is 15.0. The summed E-state index contributed by atoms with van der Waals surface area (Å²) in [5.74, 6) is 2.65. The molecule has 1 aliphatic rings. The van der Waals surface area contributed by atoms with Gasteiger partial charge in [-0.15, -0.1) is 0 Å². The lowest BCUT2D eigenvalue weighted by Gasteiger charge is -2.41. The fourth-order valence-electron chi connectivity index (χ4n) is 5.09. The highest BCUT2D eigenvalue weighted by Crippen LogP contribution is 2.33. The van der Waals surface area contributed by atoms with E-state index in [9.17, 15) is 9.90 Å². The van der Waals surface area contributed by atoms with E-state index < -0.39 is 17.7 Å². The second-order valence-corrected chi connectivity index (χ2v) is 12.5. The van der Waals surface area contributed by atoms with E-state index in [-0.39, 0.29) is 6.61 Å². The second kappa shape index (κ2) is 11.9. The van der Waals surface area contributed by atoms with Crippen molar-refractivity contribution in [2.24, 2.45) is 0 Å². The zero-order valence-electron chi connectivity index (χ0n) is 24.9. The molecule has 4 aromatic heterocycles. The number of imidazole rings is 1. The van der Waals surface area contributed by atoms with Crippen molar-refractivity contribution in [2.75, 3.05) is 36.5 Å². The Kier molecular flexibility index (Phi) is 7.99. The molecule has 13 heteroatoms. The highest BCUT2D eigenvalue weighted by Gasteiger charge is 2.34. The molecular formula is C31H33BrN8O4. The number of rotatable bonds is 6. The maximum atomic E-state index is 12.8. The molecule has 1 aromatic carbocycles. The summed E-state index contributed by atoms with van der Waals surface area (Å²) in [6.07, 6.45) is 6.60. The van der Waals surface area contributed by atoms with Gasteiger partial charge in [0.1, 0.15) is 40.4 Å². The molecule has 0 radical (unpaired) electrons. The highest BCUT2D eigenvalue weighted by molar-refractivity contribution is 9.10. The summed E-state index contributed by atoms with van der Waals surface area (Å²) in [6.45, 7) is 8.53. The van der Waals surface area contributed by atoms with Crippen LogP contribution >= 0.6 is 15.9 Å². The van der Waals surface area contributed by atoms with Crippen molar-refractivity contribution in [1.82, 2.24) is 29.2 Å². The van der Waals surface area contributed by atoms with Gasteiger partial charge >= 0.3 is 6.09 Å². The van der Waals surface area contributed by atoms with Crippen LogP contribution in [0.25, 0.3) is 16.7 Å². The summed E-state index contributed by atoms with van der Waals surface area (Å²) >= 11 is 3.65. The number of benzene rings is 1. The third-order valence-electron chi connectivity index (χ3n) is 7.20. The Balaban J connectivity index is 1.22. The van der Waals surface area contributed by atoms with E-state index in [1.807, 2.05) is 85.8 Å². The van der Waals surface area contributed by atoms with Gasteiger partial charge in [-0.05, 0) is 79.5 Å². The number of nitrogens with zero attached hydrogens (tertiary/aromatic N) is 7. The number of hydrogen-bond donors (Lipinski definition) is 2. The van der Waals surface area contributed by atoms with Gasteiger partial charge in [-0.1, -0.05) is 0 Å². The Bertz CT molecular complexity index is 1840. The first kappa shape index (κ1) is 29.6. The molecule has 1 amide bonds. The van der Waals surface area contributed by atoms with E-state index in [1.54, 1.807) is 11.1 Å². The number of ether oxygens (including phenoxy) is 2. The number of aliphatic hydroxyl groups excluding tert-OH is 1. The number of amides is 1. The number of fused-ring (bicyclic) bond motifs is 2. The van der Waals surface area contributed by atoms with Crippen LogP contribution in [0.1, 0.15) is 26.3 Å². The number of aryl methyl sites for hydroxylation is 1. The lowest BCUT2D eigenvalue weighted by molar-refractivity contribution is 0.00698. The Morgan fingerprint density at radius 1 is 1.11 bits per heavy atom. The minimum atomic E-state index is -0.623. The third-order valence-corrected chi connectivity index (χ3v) is 7.78. The predicted octanol–water partition coefficient (Wildman–Crippen LogP) is 5.70. The SMILES string of the molecule is Cc1cc(Nc2ncnc3cc(Br)c(N4CCN(C(=O)OC(C)(C)C)[C@H](CO)C4)nc23)ccc1Oc1ccn2ccnc2c1. The number of halogens is 1. The molecule has 1 saturated heterocycles. The Morgan fingerprint density at radius 2 is 1.95 bits per heavy atom. The van der Waals surface area contributed by atoms with Crippen molar-refractivity contribution < 1.29 is 19.4 Å². The van der Waals surface area contributed by atoms with Crippen molar-refractivity contribution in [3.8, 4) is 11.5 Å². The molecule has 5 heterocycles. The Hall–Kier alpha value is -4.49. The van der Waals surface area contributed by atoms with Crippen LogP contribution in [-0.4, -0.2) is 78.3 Å². The van der Waals surface area contributed by atoms with Crippen molar-refractivity contribution >= 4 is 56.0 Å². The predicted molar refractivity (Wildman–Crippen MR) is 171 cm³/mol. The number of hydrogen-bond acceptors (Lipinski definition) is 10. The molecule has 1 aliphatic heterocycles. The smallest absolute Gasteiger partial charge is 0.410 e. The van der Waals surface area contributed by atoms with Gasteiger partial charge in [-0.3, -0.25) is 4.90 Å². The molecule has 228 valence electrons. The quantitative estimate of drug-likeness (QED) is 0.234. The van der Waals surface area contributed by atoms with Gasteiger partial charge in [0.2, 0.25) is 0 Å². The Morgan fingerprint density at radius 3 is 2.73 bits per heavy atom. The van der Waals surface area contributed by atoms with Crippen LogP contribution in [0.5, 0.6) is 11.5 Å². The van der Waals surface area contributed by atoms with Gasteiger partial charge in [-0.25, -0.2) is 24.7 Å². The summed E-state index contributed by atoms with van der Waals surface area (Å²) in [7, 11) is 0. The number of pyridine rings is 2. The number of carbonyl (C=O) groups is 1. The fourth-order valence-corrected chi connectivity index (χ4v) is 5.65. The van der Waals surface area contributed by atoms with Crippen LogP contribution in [0.2, 0.25) is 0 Å². The van der Waals surface area contributed by atoms with E-state index in [0.717, 1.165) is 27.1 Å². The van der Waals surface area contributed by atoms with Crippen LogP contribution in [-0.2, 0) is 4.74 Å². The fraction of sp³-hybridized carbons (Fsp3) is 0.323. The average Bonchev–Trinajstić information content (AvgIpc) is 3.45. The van der Waals surface area contributed by atoms with Crippen molar-refractivity contribution in [1.29, 1.82) is 0 Å². The van der Waals surface area contributed by atoms with E-state index >= 15 is 0 Å². The van der Waals surface area contributed by atoms with Gasteiger partial charge < -0.3 is 29.2 Å². The average molecular weight is 662 g/mol. The lowest BCUT2D eigenvalue weighted by Crippen LogP contribution is -2.57. The highest BCUT2D eigenvalue weighted by atomic mass is 79.9. The number of aliphatic hydroxyl groups is 1. The Labute approximate surface area is 262 Å². The molecule has 0 bridgehead atoms.